The summed E-state index contributed by atoms with van der Waals surface area (Å²) in [5, 5.41) is 13.5. The molecule has 0 spiro atoms. The summed E-state index contributed by atoms with van der Waals surface area (Å²) < 4.78 is 0. The standard InChI is InChI=1S/C15H22ClNO2S/c1-11(2)8-15(3,19)10-17-14(18)9-20-13-7-5-4-6-12(13)16/h4-7,11,19H,8-10H2,1-3H3,(H,17,18). The fourth-order valence-electron chi connectivity index (χ4n) is 2.00. The van der Waals surface area contributed by atoms with Crippen molar-refractivity contribution >= 4 is 29.3 Å². The monoisotopic (exact) mass is 315 g/mol. The predicted octanol–water partition coefficient (Wildman–Crippen LogP) is 3.35. The van der Waals surface area contributed by atoms with Gasteiger partial charge in [-0.3, -0.25) is 4.79 Å². The van der Waals surface area contributed by atoms with Crippen LogP contribution in [0.1, 0.15) is 27.2 Å². The number of hydrogen-bond donors (Lipinski definition) is 2. The molecule has 20 heavy (non-hydrogen) atoms. The summed E-state index contributed by atoms with van der Waals surface area (Å²) in [5.74, 6) is 0.583. The van der Waals surface area contributed by atoms with Gasteiger partial charge in [0.2, 0.25) is 5.91 Å². The lowest BCUT2D eigenvalue weighted by atomic mass is 9.94. The summed E-state index contributed by atoms with van der Waals surface area (Å²) in [5.41, 5.74) is -0.862. The van der Waals surface area contributed by atoms with Crippen LogP contribution < -0.4 is 5.32 Å². The molecule has 3 nitrogen and oxygen atoms in total. The molecule has 0 aliphatic carbocycles. The van der Waals surface area contributed by atoms with Crippen LogP contribution in [0.25, 0.3) is 0 Å². The first-order chi connectivity index (χ1) is 9.30. The van der Waals surface area contributed by atoms with Crippen molar-refractivity contribution < 1.29 is 9.90 Å². The molecule has 0 heterocycles. The quantitative estimate of drug-likeness (QED) is 0.759. The molecule has 2 N–H and O–H groups in total. The van der Waals surface area contributed by atoms with Gasteiger partial charge in [0.25, 0.3) is 0 Å². The number of thioether (sulfide) groups is 1. The molecule has 0 aromatic heterocycles. The Kier molecular flexibility index (Phi) is 6.86. The Labute approximate surface area is 130 Å². The van der Waals surface area contributed by atoms with Crippen LogP contribution in [-0.4, -0.2) is 28.9 Å². The van der Waals surface area contributed by atoms with Gasteiger partial charge in [-0.05, 0) is 31.4 Å². The van der Waals surface area contributed by atoms with Crippen LogP contribution in [0.15, 0.2) is 29.2 Å². The van der Waals surface area contributed by atoms with Crippen molar-refractivity contribution in [1.29, 1.82) is 0 Å². The number of amides is 1. The van der Waals surface area contributed by atoms with Gasteiger partial charge >= 0.3 is 0 Å². The van der Waals surface area contributed by atoms with Gasteiger partial charge in [0.05, 0.1) is 16.4 Å². The van der Waals surface area contributed by atoms with Crippen molar-refractivity contribution in [2.45, 2.75) is 37.7 Å². The van der Waals surface area contributed by atoms with Gasteiger partial charge in [-0.1, -0.05) is 37.6 Å². The topological polar surface area (TPSA) is 49.3 Å². The molecule has 0 fully saturated rings. The number of halogens is 1. The molecular weight excluding hydrogens is 294 g/mol. The Bertz CT molecular complexity index is 449. The molecule has 1 unspecified atom stereocenters. The zero-order valence-corrected chi connectivity index (χ0v) is 13.7. The van der Waals surface area contributed by atoms with Crippen molar-refractivity contribution in [1.82, 2.24) is 5.32 Å². The number of rotatable bonds is 7. The van der Waals surface area contributed by atoms with E-state index < -0.39 is 5.60 Å². The maximum Gasteiger partial charge on any atom is 0.230 e. The van der Waals surface area contributed by atoms with Crippen molar-refractivity contribution in [2.75, 3.05) is 12.3 Å². The van der Waals surface area contributed by atoms with Gasteiger partial charge in [0.1, 0.15) is 0 Å². The van der Waals surface area contributed by atoms with Crippen molar-refractivity contribution in [3.63, 3.8) is 0 Å². The van der Waals surface area contributed by atoms with Gasteiger partial charge in [-0.25, -0.2) is 0 Å². The maximum absolute atomic E-state index is 11.8. The van der Waals surface area contributed by atoms with Crippen LogP contribution in [0.2, 0.25) is 5.02 Å². The highest BCUT2D eigenvalue weighted by Crippen LogP contribution is 2.26. The highest BCUT2D eigenvalue weighted by molar-refractivity contribution is 8.00. The third kappa shape index (κ3) is 6.64. The Morgan fingerprint density at radius 1 is 1.45 bits per heavy atom. The zero-order chi connectivity index (χ0) is 15.2. The minimum absolute atomic E-state index is 0.0982. The molecule has 0 aliphatic heterocycles. The molecule has 1 aromatic rings. The summed E-state index contributed by atoms with van der Waals surface area (Å²) in [6.07, 6.45) is 0.658. The fraction of sp³-hybridized carbons (Fsp3) is 0.533. The summed E-state index contributed by atoms with van der Waals surface area (Å²) in [4.78, 5) is 12.7. The van der Waals surface area contributed by atoms with Gasteiger partial charge in [-0.2, -0.15) is 0 Å². The second kappa shape index (κ2) is 7.91. The smallest absolute Gasteiger partial charge is 0.230 e. The Hall–Kier alpha value is -0.710. The summed E-state index contributed by atoms with van der Waals surface area (Å²) >= 11 is 7.42. The molecule has 5 heteroatoms. The van der Waals surface area contributed by atoms with Crippen molar-refractivity contribution in [3.8, 4) is 0 Å². The third-order valence-corrected chi connectivity index (χ3v) is 4.22. The molecule has 1 amide bonds. The number of aliphatic hydroxyl groups is 1. The van der Waals surface area contributed by atoms with Gasteiger partial charge in [0.15, 0.2) is 0 Å². The molecule has 112 valence electrons. The molecule has 0 saturated heterocycles. The van der Waals surface area contributed by atoms with Gasteiger partial charge in [0, 0.05) is 11.4 Å². The summed E-state index contributed by atoms with van der Waals surface area (Å²) in [6, 6.07) is 7.43. The van der Waals surface area contributed by atoms with E-state index in [0.717, 1.165) is 4.90 Å². The highest BCUT2D eigenvalue weighted by atomic mass is 35.5. The molecule has 1 rings (SSSR count). The average Bonchev–Trinajstić information content (AvgIpc) is 2.34. The second-order valence-corrected chi connectivity index (χ2v) is 7.02. The van der Waals surface area contributed by atoms with Crippen LogP contribution in [0.5, 0.6) is 0 Å². The van der Waals surface area contributed by atoms with E-state index in [0.29, 0.717) is 23.1 Å². The number of hydrogen-bond acceptors (Lipinski definition) is 3. The van der Waals surface area contributed by atoms with Gasteiger partial charge in [-0.15, -0.1) is 11.8 Å². The SMILES string of the molecule is CC(C)CC(C)(O)CNC(=O)CSc1ccccc1Cl. The first-order valence-electron chi connectivity index (χ1n) is 6.66. The van der Waals surface area contributed by atoms with Crippen molar-refractivity contribution in [3.05, 3.63) is 29.3 Å². The normalized spacial score (nSPS) is 14.1. The Morgan fingerprint density at radius 2 is 2.10 bits per heavy atom. The van der Waals surface area contributed by atoms with Crippen LogP contribution in [0, 0.1) is 5.92 Å². The first-order valence-corrected chi connectivity index (χ1v) is 8.03. The molecule has 0 radical (unpaired) electrons. The molecule has 0 bridgehead atoms. The zero-order valence-electron chi connectivity index (χ0n) is 12.1. The summed E-state index contributed by atoms with van der Waals surface area (Å²) in [6.45, 7) is 6.11. The molecular formula is C15H22ClNO2S. The van der Waals surface area contributed by atoms with E-state index in [1.54, 1.807) is 13.0 Å². The van der Waals surface area contributed by atoms with E-state index in [2.05, 4.69) is 5.32 Å². The highest BCUT2D eigenvalue weighted by Gasteiger charge is 2.22. The number of nitrogens with one attached hydrogen (secondary N) is 1. The third-order valence-electron chi connectivity index (χ3n) is 2.71. The average molecular weight is 316 g/mol. The molecule has 1 atom stereocenters. The number of benzene rings is 1. The van der Waals surface area contributed by atoms with E-state index in [1.165, 1.54) is 11.8 Å². The minimum atomic E-state index is -0.862. The van der Waals surface area contributed by atoms with E-state index in [-0.39, 0.29) is 12.5 Å². The maximum atomic E-state index is 11.8. The molecule has 0 saturated carbocycles. The number of carbonyl (C=O) groups is 1. The lowest BCUT2D eigenvalue weighted by Crippen LogP contribution is -2.42. The number of carbonyl (C=O) groups excluding carboxylic acids is 1. The predicted molar refractivity (Wildman–Crippen MR) is 85.3 cm³/mol. The lowest BCUT2D eigenvalue weighted by Gasteiger charge is -2.25. The second-order valence-electron chi connectivity index (χ2n) is 5.59. The minimum Gasteiger partial charge on any atom is -0.388 e. The van der Waals surface area contributed by atoms with Crippen LogP contribution in [0.4, 0.5) is 0 Å². The first kappa shape index (κ1) is 17.3. The van der Waals surface area contributed by atoms with Crippen LogP contribution in [-0.2, 0) is 4.79 Å². The molecule has 1 aromatic carbocycles. The van der Waals surface area contributed by atoms with Gasteiger partial charge < -0.3 is 10.4 Å². The van der Waals surface area contributed by atoms with E-state index in [1.807, 2.05) is 32.0 Å². The van der Waals surface area contributed by atoms with E-state index >= 15 is 0 Å². The largest absolute Gasteiger partial charge is 0.388 e. The Morgan fingerprint density at radius 3 is 2.70 bits per heavy atom. The molecule has 0 aliphatic rings. The van der Waals surface area contributed by atoms with E-state index in [9.17, 15) is 9.90 Å². The fourth-order valence-corrected chi connectivity index (χ4v) is 3.07. The van der Waals surface area contributed by atoms with Crippen molar-refractivity contribution in [2.24, 2.45) is 5.92 Å². The lowest BCUT2D eigenvalue weighted by molar-refractivity contribution is -0.119. The van der Waals surface area contributed by atoms with Crippen LogP contribution >= 0.6 is 23.4 Å². The van der Waals surface area contributed by atoms with Crippen LogP contribution in [0.3, 0.4) is 0 Å². The van der Waals surface area contributed by atoms with E-state index in [4.69, 9.17) is 11.6 Å². The Balaban J connectivity index is 2.36. The summed E-state index contributed by atoms with van der Waals surface area (Å²) in [7, 11) is 0.